The molecule has 0 bridgehead atoms. The summed E-state index contributed by atoms with van der Waals surface area (Å²) in [6.07, 6.45) is 1.99. The molecule has 0 saturated carbocycles. The van der Waals surface area contributed by atoms with Crippen LogP contribution >= 0.6 is 27.7 Å². The highest BCUT2D eigenvalue weighted by atomic mass is 79.9. The van der Waals surface area contributed by atoms with Crippen LogP contribution < -0.4 is 0 Å². The Morgan fingerprint density at radius 1 is 1.60 bits per heavy atom. The van der Waals surface area contributed by atoms with E-state index in [1.807, 2.05) is 18.4 Å². The van der Waals surface area contributed by atoms with Crippen LogP contribution in [0.2, 0.25) is 0 Å². The predicted molar refractivity (Wildman–Crippen MR) is 53.9 cm³/mol. The summed E-state index contributed by atoms with van der Waals surface area (Å²) in [5.41, 5.74) is 0. The van der Waals surface area contributed by atoms with Gasteiger partial charge in [-0.1, -0.05) is 17.8 Å². The molecule has 0 fully saturated rings. The van der Waals surface area contributed by atoms with Crippen LogP contribution in [0.25, 0.3) is 0 Å². The van der Waals surface area contributed by atoms with Crippen LogP contribution in [-0.2, 0) is 0 Å². The number of allylic oxidation sites excluding steroid dienone is 1. The fourth-order valence-corrected chi connectivity index (χ4v) is 1.61. The largest absolute Gasteiger partial charge is 0.268 e. The standard InChI is InChI=1S/C7H12BrNS/c1-4-5-10-7(8)9-6(2)3/h4-6H,1-3H3/b5-4+,9-7-. The minimum atomic E-state index is 0.368. The molecule has 0 atom stereocenters. The first kappa shape index (κ1) is 10.2. The molecule has 1 nitrogen and oxygen atoms in total. The SMILES string of the molecule is C/C=C/S/C(Br)=N\C(C)C. The molecular formula is C7H12BrNS. The Bertz CT molecular complexity index is 141. The molecule has 0 saturated heterocycles. The molecule has 0 aliphatic rings. The first-order valence-electron chi connectivity index (χ1n) is 3.18. The zero-order valence-electron chi connectivity index (χ0n) is 6.47. The number of thioether (sulfide) groups is 1. The van der Waals surface area contributed by atoms with E-state index in [9.17, 15) is 0 Å². The molecule has 0 heterocycles. The maximum absolute atomic E-state index is 4.26. The quantitative estimate of drug-likeness (QED) is 0.515. The van der Waals surface area contributed by atoms with Crippen LogP contribution in [0.15, 0.2) is 16.5 Å². The Balaban J connectivity index is 3.71. The molecule has 0 rings (SSSR count). The van der Waals surface area contributed by atoms with E-state index < -0.39 is 0 Å². The minimum absolute atomic E-state index is 0.368. The van der Waals surface area contributed by atoms with Crippen LogP contribution in [0.5, 0.6) is 0 Å². The molecule has 58 valence electrons. The molecule has 0 aromatic carbocycles. The van der Waals surface area contributed by atoms with E-state index in [2.05, 4.69) is 34.8 Å². The lowest BCUT2D eigenvalue weighted by molar-refractivity contribution is 0.842. The van der Waals surface area contributed by atoms with Gasteiger partial charge in [-0.05, 0) is 42.1 Å². The second-order valence-electron chi connectivity index (χ2n) is 2.06. The van der Waals surface area contributed by atoms with Gasteiger partial charge >= 0.3 is 0 Å². The van der Waals surface area contributed by atoms with Crippen molar-refractivity contribution in [1.82, 2.24) is 0 Å². The average Bonchev–Trinajstić information content (AvgIpc) is 1.82. The molecule has 0 spiro atoms. The van der Waals surface area contributed by atoms with Gasteiger partial charge in [0.2, 0.25) is 0 Å². The highest BCUT2D eigenvalue weighted by molar-refractivity contribution is 9.22. The van der Waals surface area contributed by atoms with Crippen LogP contribution in [0, 0.1) is 0 Å². The summed E-state index contributed by atoms with van der Waals surface area (Å²) in [5, 5.41) is 2.00. The maximum Gasteiger partial charge on any atom is 0.138 e. The summed E-state index contributed by atoms with van der Waals surface area (Å²) in [6, 6.07) is 0.368. The second kappa shape index (κ2) is 5.98. The Morgan fingerprint density at radius 3 is 2.60 bits per heavy atom. The van der Waals surface area contributed by atoms with Crippen molar-refractivity contribution >= 4 is 31.6 Å². The highest BCUT2D eigenvalue weighted by Crippen LogP contribution is 2.12. The van der Waals surface area contributed by atoms with E-state index in [1.54, 1.807) is 11.8 Å². The van der Waals surface area contributed by atoms with Crippen LogP contribution in [0.3, 0.4) is 0 Å². The van der Waals surface area contributed by atoms with Crippen molar-refractivity contribution < 1.29 is 0 Å². The summed E-state index contributed by atoms with van der Waals surface area (Å²) >= 11 is 4.93. The summed E-state index contributed by atoms with van der Waals surface area (Å²) in [7, 11) is 0. The molecule has 3 heteroatoms. The third-order valence-corrected chi connectivity index (χ3v) is 2.13. The molecule has 0 radical (unpaired) electrons. The zero-order valence-corrected chi connectivity index (χ0v) is 8.87. The van der Waals surface area contributed by atoms with Crippen molar-refractivity contribution in [1.29, 1.82) is 0 Å². The van der Waals surface area contributed by atoms with Crippen molar-refractivity contribution in [3.63, 3.8) is 0 Å². The molecular weight excluding hydrogens is 210 g/mol. The Morgan fingerprint density at radius 2 is 2.20 bits per heavy atom. The number of aliphatic imine (C=N–C) groups is 1. The van der Waals surface area contributed by atoms with Gasteiger partial charge < -0.3 is 0 Å². The van der Waals surface area contributed by atoms with E-state index in [4.69, 9.17) is 0 Å². The average molecular weight is 222 g/mol. The fourth-order valence-electron chi connectivity index (χ4n) is 0.358. The van der Waals surface area contributed by atoms with Gasteiger partial charge in [-0.2, -0.15) is 0 Å². The smallest absolute Gasteiger partial charge is 0.138 e. The van der Waals surface area contributed by atoms with Gasteiger partial charge in [-0.15, -0.1) is 0 Å². The van der Waals surface area contributed by atoms with Gasteiger partial charge in [-0.3, -0.25) is 4.99 Å². The first-order valence-corrected chi connectivity index (χ1v) is 4.85. The lowest BCUT2D eigenvalue weighted by Crippen LogP contribution is -1.89. The number of hydrogen-bond donors (Lipinski definition) is 0. The van der Waals surface area contributed by atoms with Gasteiger partial charge in [0, 0.05) is 6.04 Å². The number of halogens is 1. The number of nitrogens with zero attached hydrogens (tertiary/aromatic N) is 1. The van der Waals surface area contributed by atoms with E-state index in [0.717, 1.165) is 3.95 Å². The molecule has 0 aromatic rings. The number of rotatable bonds is 2. The lowest BCUT2D eigenvalue weighted by Gasteiger charge is -1.96. The van der Waals surface area contributed by atoms with Crippen LogP contribution in [0.1, 0.15) is 20.8 Å². The molecule has 0 aromatic heterocycles. The lowest BCUT2D eigenvalue weighted by atomic mass is 10.4. The van der Waals surface area contributed by atoms with Crippen molar-refractivity contribution in [2.75, 3.05) is 0 Å². The van der Waals surface area contributed by atoms with Crippen molar-refractivity contribution in [3.8, 4) is 0 Å². The summed E-state index contributed by atoms with van der Waals surface area (Å²) in [6.45, 7) is 6.09. The summed E-state index contributed by atoms with van der Waals surface area (Å²) in [4.78, 5) is 4.26. The van der Waals surface area contributed by atoms with Crippen LogP contribution in [0.4, 0.5) is 0 Å². The maximum atomic E-state index is 4.26. The summed E-state index contributed by atoms with van der Waals surface area (Å²) < 4.78 is 0.945. The zero-order chi connectivity index (χ0) is 7.98. The third-order valence-electron chi connectivity index (χ3n) is 0.661. The van der Waals surface area contributed by atoms with Gasteiger partial charge in [0.05, 0.1) is 0 Å². The third kappa shape index (κ3) is 6.36. The molecule has 0 aliphatic carbocycles. The van der Waals surface area contributed by atoms with Crippen molar-refractivity contribution in [3.05, 3.63) is 11.5 Å². The van der Waals surface area contributed by atoms with Gasteiger partial charge in [-0.25, -0.2) is 0 Å². The van der Waals surface area contributed by atoms with E-state index in [-0.39, 0.29) is 0 Å². The second-order valence-corrected chi connectivity index (χ2v) is 4.23. The molecule has 10 heavy (non-hydrogen) atoms. The Kier molecular flexibility index (Phi) is 6.13. The normalized spacial score (nSPS) is 13.5. The topological polar surface area (TPSA) is 12.4 Å². The van der Waals surface area contributed by atoms with Gasteiger partial charge in [0.15, 0.2) is 0 Å². The highest BCUT2D eigenvalue weighted by Gasteiger charge is 1.91. The summed E-state index contributed by atoms with van der Waals surface area (Å²) in [5.74, 6) is 0. The molecule has 0 aliphatic heterocycles. The van der Waals surface area contributed by atoms with Crippen molar-refractivity contribution in [2.24, 2.45) is 4.99 Å². The van der Waals surface area contributed by atoms with Crippen molar-refractivity contribution in [2.45, 2.75) is 26.8 Å². The van der Waals surface area contributed by atoms with Crippen LogP contribution in [-0.4, -0.2) is 9.99 Å². The first-order chi connectivity index (χ1) is 4.66. The molecule has 0 amide bonds. The van der Waals surface area contributed by atoms with Gasteiger partial charge in [0.1, 0.15) is 3.95 Å². The van der Waals surface area contributed by atoms with E-state index in [1.165, 1.54) is 0 Å². The Labute approximate surface area is 75.1 Å². The Hall–Kier alpha value is 0.240. The van der Waals surface area contributed by atoms with E-state index in [0.29, 0.717) is 6.04 Å². The monoisotopic (exact) mass is 221 g/mol. The fraction of sp³-hybridized carbons (Fsp3) is 0.571. The molecule has 0 N–H and O–H groups in total. The van der Waals surface area contributed by atoms with E-state index >= 15 is 0 Å². The predicted octanol–water partition coefficient (Wildman–Crippen LogP) is 3.41. The van der Waals surface area contributed by atoms with Gasteiger partial charge in [0.25, 0.3) is 0 Å². The number of hydrogen-bond acceptors (Lipinski definition) is 2. The molecule has 0 unspecified atom stereocenters. The minimum Gasteiger partial charge on any atom is -0.268 e.